The molecule has 1 aliphatic heterocycles. The molecule has 2 heteroatoms. The monoisotopic (exact) mass is 273 g/mol. The molecular formula is C17H20ClN. The summed E-state index contributed by atoms with van der Waals surface area (Å²) in [4.78, 5) is 0. The summed E-state index contributed by atoms with van der Waals surface area (Å²) < 4.78 is 0. The zero-order valence-corrected chi connectivity index (χ0v) is 12.0. The lowest BCUT2D eigenvalue weighted by molar-refractivity contribution is 0.648. The smallest absolute Gasteiger partial charge is 0.0320 e. The molecule has 0 amide bonds. The van der Waals surface area contributed by atoms with Gasteiger partial charge in [0, 0.05) is 6.04 Å². The van der Waals surface area contributed by atoms with E-state index >= 15 is 0 Å². The van der Waals surface area contributed by atoms with Crippen LogP contribution in [0.1, 0.15) is 30.0 Å². The van der Waals surface area contributed by atoms with Crippen LogP contribution in [0.3, 0.4) is 0 Å². The Labute approximate surface area is 121 Å². The van der Waals surface area contributed by atoms with Gasteiger partial charge in [0.2, 0.25) is 0 Å². The number of hydrogen-bond acceptors (Lipinski definition) is 1. The van der Waals surface area contributed by atoms with Crippen molar-refractivity contribution in [2.75, 3.05) is 6.54 Å². The van der Waals surface area contributed by atoms with Crippen LogP contribution < -0.4 is 5.32 Å². The first-order valence-corrected chi connectivity index (χ1v) is 6.74. The number of rotatable bonds is 2. The Hall–Kier alpha value is -1.31. The molecule has 1 heterocycles. The molecule has 19 heavy (non-hydrogen) atoms. The molecular weight excluding hydrogens is 254 g/mol. The van der Waals surface area contributed by atoms with E-state index < -0.39 is 0 Å². The van der Waals surface area contributed by atoms with E-state index in [4.69, 9.17) is 0 Å². The van der Waals surface area contributed by atoms with Crippen LogP contribution in [0.5, 0.6) is 0 Å². The third-order valence-electron chi connectivity index (χ3n) is 3.83. The van der Waals surface area contributed by atoms with Crippen molar-refractivity contribution in [3.63, 3.8) is 0 Å². The van der Waals surface area contributed by atoms with Crippen molar-refractivity contribution >= 4 is 12.4 Å². The number of hydrogen-bond donors (Lipinski definition) is 1. The number of halogens is 1. The zero-order chi connectivity index (χ0) is 12.4. The molecule has 1 unspecified atom stereocenters. The normalized spacial score (nSPS) is 18.1. The van der Waals surface area contributed by atoms with Gasteiger partial charge in [-0.2, -0.15) is 0 Å². The minimum atomic E-state index is 0. The molecule has 2 aromatic carbocycles. The summed E-state index contributed by atoms with van der Waals surface area (Å²) in [5, 5.41) is 3.54. The predicted octanol–water partition coefficient (Wildman–Crippen LogP) is 4.51. The standard InChI is InChI=1S/C17H19N.ClH/c1-13-5-2-3-6-16(13)14-8-10-15(11-9-14)17-7-4-12-18-17;/h2-3,5-6,8-11,17-18H,4,7,12H2,1H3;1H. The van der Waals surface area contributed by atoms with Crippen molar-refractivity contribution in [1.29, 1.82) is 0 Å². The SMILES string of the molecule is Cc1ccccc1-c1ccc(C2CCCN2)cc1.Cl. The van der Waals surface area contributed by atoms with Crippen LogP contribution in [-0.2, 0) is 0 Å². The molecule has 0 radical (unpaired) electrons. The summed E-state index contributed by atoms with van der Waals surface area (Å²) in [7, 11) is 0. The first kappa shape index (κ1) is 14.1. The molecule has 100 valence electrons. The molecule has 0 spiro atoms. The Morgan fingerprint density at radius 1 is 1.00 bits per heavy atom. The van der Waals surface area contributed by atoms with Gasteiger partial charge in [0.15, 0.2) is 0 Å². The molecule has 2 aromatic rings. The first-order chi connectivity index (χ1) is 8.84. The van der Waals surface area contributed by atoms with Crippen molar-refractivity contribution in [2.24, 2.45) is 0 Å². The lowest BCUT2D eigenvalue weighted by Gasteiger charge is -2.12. The van der Waals surface area contributed by atoms with Crippen molar-refractivity contribution in [3.8, 4) is 11.1 Å². The largest absolute Gasteiger partial charge is 0.310 e. The second kappa shape index (κ2) is 6.23. The fourth-order valence-corrected chi connectivity index (χ4v) is 2.76. The highest BCUT2D eigenvalue weighted by Crippen LogP contribution is 2.27. The second-order valence-electron chi connectivity index (χ2n) is 5.09. The molecule has 1 nitrogen and oxygen atoms in total. The van der Waals surface area contributed by atoms with Crippen LogP contribution in [0, 0.1) is 6.92 Å². The summed E-state index contributed by atoms with van der Waals surface area (Å²) in [6.45, 7) is 3.33. The molecule has 1 fully saturated rings. The van der Waals surface area contributed by atoms with Gasteiger partial charge in [-0.1, -0.05) is 48.5 Å². The summed E-state index contributed by atoms with van der Waals surface area (Å²) in [6, 6.07) is 18.2. The summed E-state index contributed by atoms with van der Waals surface area (Å²) in [5.74, 6) is 0. The number of nitrogens with one attached hydrogen (secondary N) is 1. The molecule has 1 atom stereocenters. The Morgan fingerprint density at radius 2 is 1.74 bits per heavy atom. The molecule has 3 rings (SSSR count). The minimum absolute atomic E-state index is 0. The van der Waals surface area contributed by atoms with Crippen LogP contribution in [0.4, 0.5) is 0 Å². The molecule has 1 saturated heterocycles. The topological polar surface area (TPSA) is 12.0 Å². The quantitative estimate of drug-likeness (QED) is 0.849. The maximum absolute atomic E-state index is 3.54. The van der Waals surface area contributed by atoms with E-state index in [0.29, 0.717) is 6.04 Å². The van der Waals surface area contributed by atoms with Crippen LogP contribution >= 0.6 is 12.4 Å². The van der Waals surface area contributed by atoms with E-state index in [1.807, 2.05) is 0 Å². The summed E-state index contributed by atoms with van der Waals surface area (Å²) in [5.41, 5.74) is 5.41. The third-order valence-corrected chi connectivity index (χ3v) is 3.83. The summed E-state index contributed by atoms with van der Waals surface area (Å²) in [6.07, 6.45) is 2.56. The van der Waals surface area contributed by atoms with Gasteiger partial charge in [-0.25, -0.2) is 0 Å². The maximum Gasteiger partial charge on any atom is 0.0320 e. The zero-order valence-electron chi connectivity index (χ0n) is 11.2. The van der Waals surface area contributed by atoms with Gasteiger partial charge in [-0.05, 0) is 48.6 Å². The molecule has 0 bridgehead atoms. The minimum Gasteiger partial charge on any atom is -0.310 e. The lowest BCUT2D eigenvalue weighted by Crippen LogP contribution is -2.12. The molecule has 1 aliphatic rings. The van der Waals surface area contributed by atoms with Gasteiger partial charge in [-0.15, -0.1) is 12.4 Å². The molecule has 1 N–H and O–H groups in total. The van der Waals surface area contributed by atoms with E-state index in [1.54, 1.807) is 0 Å². The van der Waals surface area contributed by atoms with Crippen molar-refractivity contribution in [3.05, 3.63) is 59.7 Å². The Morgan fingerprint density at radius 3 is 2.37 bits per heavy atom. The van der Waals surface area contributed by atoms with Gasteiger partial charge in [-0.3, -0.25) is 0 Å². The highest BCUT2D eigenvalue weighted by atomic mass is 35.5. The maximum atomic E-state index is 3.54. The van der Waals surface area contributed by atoms with Crippen LogP contribution in [0.15, 0.2) is 48.5 Å². The van der Waals surface area contributed by atoms with Crippen LogP contribution in [0.2, 0.25) is 0 Å². The lowest BCUT2D eigenvalue weighted by atomic mass is 9.97. The highest BCUT2D eigenvalue weighted by Gasteiger charge is 2.15. The van der Waals surface area contributed by atoms with Crippen LogP contribution in [0.25, 0.3) is 11.1 Å². The van der Waals surface area contributed by atoms with E-state index in [-0.39, 0.29) is 12.4 Å². The third kappa shape index (κ3) is 2.99. The van der Waals surface area contributed by atoms with Gasteiger partial charge in [0.25, 0.3) is 0 Å². The molecule has 0 aliphatic carbocycles. The fourth-order valence-electron chi connectivity index (χ4n) is 2.76. The average molecular weight is 274 g/mol. The van der Waals surface area contributed by atoms with Crippen molar-refractivity contribution in [2.45, 2.75) is 25.8 Å². The number of aryl methyl sites for hydroxylation is 1. The van der Waals surface area contributed by atoms with E-state index in [2.05, 4.69) is 60.8 Å². The van der Waals surface area contributed by atoms with Crippen molar-refractivity contribution in [1.82, 2.24) is 5.32 Å². The van der Waals surface area contributed by atoms with Gasteiger partial charge < -0.3 is 5.32 Å². The van der Waals surface area contributed by atoms with E-state index in [1.165, 1.54) is 35.1 Å². The Bertz CT molecular complexity index is 527. The predicted molar refractivity (Wildman–Crippen MR) is 83.8 cm³/mol. The van der Waals surface area contributed by atoms with Crippen LogP contribution in [-0.4, -0.2) is 6.54 Å². The number of benzene rings is 2. The second-order valence-corrected chi connectivity index (χ2v) is 5.09. The fraction of sp³-hybridized carbons (Fsp3) is 0.294. The Kier molecular flexibility index (Phi) is 4.62. The average Bonchev–Trinajstić information content (AvgIpc) is 2.94. The van der Waals surface area contributed by atoms with Crippen molar-refractivity contribution < 1.29 is 0 Å². The Balaban J connectivity index is 0.00000133. The van der Waals surface area contributed by atoms with E-state index in [9.17, 15) is 0 Å². The molecule has 0 aromatic heterocycles. The van der Waals surface area contributed by atoms with Gasteiger partial charge in [0.1, 0.15) is 0 Å². The molecule has 0 saturated carbocycles. The summed E-state index contributed by atoms with van der Waals surface area (Å²) >= 11 is 0. The van der Waals surface area contributed by atoms with Gasteiger partial charge in [0.05, 0.1) is 0 Å². The van der Waals surface area contributed by atoms with Gasteiger partial charge >= 0.3 is 0 Å². The highest BCUT2D eigenvalue weighted by molar-refractivity contribution is 5.85. The van der Waals surface area contributed by atoms with E-state index in [0.717, 1.165) is 6.54 Å². The first-order valence-electron chi connectivity index (χ1n) is 6.74.